The van der Waals surface area contributed by atoms with E-state index in [2.05, 4.69) is 4.98 Å². The lowest BCUT2D eigenvalue weighted by molar-refractivity contribution is 0.0702. The first-order valence-electron chi connectivity index (χ1n) is 8.73. The van der Waals surface area contributed by atoms with E-state index in [0.717, 1.165) is 20.5 Å². The third-order valence-corrected chi connectivity index (χ3v) is 10.1. The monoisotopic (exact) mass is 453 g/mol. The smallest absolute Gasteiger partial charge is 0.265 e. The standard InChI is InChI=1S/C18H19N3O3S4/c1-12-5-6-15(26-12)28(23,24)21-9-7-20(8-10-21)18(22)16-13(2)19-17(27-16)14-4-3-11-25-14/h3-6,11H,7-10H2,1-2H3. The van der Waals surface area contributed by atoms with Gasteiger partial charge in [0.25, 0.3) is 15.9 Å². The molecule has 0 atom stereocenters. The molecule has 0 spiro atoms. The van der Waals surface area contributed by atoms with Gasteiger partial charge < -0.3 is 4.90 Å². The van der Waals surface area contributed by atoms with Crippen LogP contribution in [0.1, 0.15) is 20.2 Å². The van der Waals surface area contributed by atoms with E-state index >= 15 is 0 Å². The minimum absolute atomic E-state index is 0.0678. The number of thiophene rings is 2. The van der Waals surface area contributed by atoms with E-state index in [-0.39, 0.29) is 5.91 Å². The van der Waals surface area contributed by atoms with Crippen molar-refractivity contribution in [1.29, 1.82) is 0 Å². The van der Waals surface area contributed by atoms with Crippen LogP contribution in [0.15, 0.2) is 33.9 Å². The summed E-state index contributed by atoms with van der Waals surface area (Å²) in [5, 5.41) is 2.84. The fourth-order valence-electron chi connectivity index (χ4n) is 3.05. The van der Waals surface area contributed by atoms with Crippen molar-refractivity contribution in [3.8, 4) is 9.88 Å². The van der Waals surface area contributed by atoms with Crippen molar-refractivity contribution in [2.45, 2.75) is 18.1 Å². The zero-order chi connectivity index (χ0) is 19.9. The number of hydrogen-bond donors (Lipinski definition) is 0. The number of carbonyl (C=O) groups is 1. The minimum atomic E-state index is -3.48. The van der Waals surface area contributed by atoms with Crippen molar-refractivity contribution in [3.63, 3.8) is 0 Å². The second-order valence-electron chi connectivity index (χ2n) is 6.47. The van der Waals surface area contributed by atoms with Gasteiger partial charge in [-0.25, -0.2) is 13.4 Å². The maximum Gasteiger partial charge on any atom is 0.265 e. The largest absolute Gasteiger partial charge is 0.335 e. The average molecular weight is 454 g/mol. The zero-order valence-corrected chi connectivity index (χ0v) is 18.7. The van der Waals surface area contributed by atoms with Crippen LogP contribution < -0.4 is 0 Å². The number of hydrogen-bond acceptors (Lipinski definition) is 7. The highest BCUT2D eigenvalue weighted by Crippen LogP contribution is 2.32. The van der Waals surface area contributed by atoms with Gasteiger partial charge in [0.1, 0.15) is 14.1 Å². The van der Waals surface area contributed by atoms with Crippen LogP contribution in [-0.4, -0.2) is 54.7 Å². The molecule has 3 aromatic heterocycles. The lowest BCUT2D eigenvalue weighted by Gasteiger charge is -2.33. The van der Waals surface area contributed by atoms with Crippen LogP contribution in [0.2, 0.25) is 0 Å². The lowest BCUT2D eigenvalue weighted by atomic mass is 10.3. The Balaban J connectivity index is 1.46. The lowest BCUT2D eigenvalue weighted by Crippen LogP contribution is -2.50. The van der Waals surface area contributed by atoms with Gasteiger partial charge in [-0.1, -0.05) is 6.07 Å². The fourth-order valence-corrected chi connectivity index (χ4v) is 7.74. The zero-order valence-electron chi connectivity index (χ0n) is 15.4. The van der Waals surface area contributed by atoms with Crippen molar-refractivity contribution in [2.75, 3.05) is 26.2 Å². The predicted molar refractivity (Wildman–Crippen MR) is 114 cm³/mol. The molecule has 0 unspecified atom stereocenters. The van der Waals surface area contributed by atoms with Gasteiger partial charge in [0, 0.05) is 31.1 Å². The van der Waals surface area contributed by atoms with Crippen LogP contribution in [0.25, 0.3) is 9.88 Å². The Hall–Kier alpha value is -1.59. The Kier molecular flexibility index (Phi) is 5.41. The van der Waals surface area contributed by atoms with Gasteiger partial charge in [0.15, 0.2) is 0 Å². The number of piperazine rings is 1. The summed E-state index contributed by atoms with van der Waals surface area (Å²) < 4.78 is 27.4. The summed E-state index contributed by atoms with van der Waals surface area (Å²) in [6, 6.07) is 7.43. The van der Waals surface area contributed by atoms with Crippen molar-refractivity contribution in [1.82, 2.24) is 14.2 Å². The van der Waals surface area contributed by atoms with Crippen LogP contribution in [0, 0.1) is 13.8 Å². The summed E-state index contributed by atoms with van der Waals surface area (Å²) in [7, 11) is -3.48. The number of aromatic nitrogens is 1. The molecule has 3 aromatic rings. The Morgan fingerprint density at radius 3 is 2.43 bits per heavy atom. The van der Waals surface area contributed by atoms with E-state index in [4.69, 9.17) is 0 Å². The Morgan fingerprint density at radius 1 is 1.07 bits per heavy atom. The molecular formula is C18H19N3O3S4. The molecule has 10 heteroatoms. The Morgan fingerprint density at radius 2 is 1.82 bits per heavy atom. The summed E-state index contributed by atoms with van der Waals surface area (Å²) in [5.41, 5.74) is 0.725. The van der Waals surface area contributed by atoms with Crippen LogP contribution in [0.5, 0.6) is 0 Å². The highest BCUT2D eigenvalue weighted by atomic mass is 32.2. The second-order valence-corrected chi connectivity index (χ2v) is 11.9. The average Bonchev–Trinajstić information content (AvgIpc) is 3.42. The highest BCUT2D eigenvalue weighted by Gasteiger charge is 2.32. The molecule has 1 fully saturated rings. The maximum absolute atomic E-state index is 13.0. The number of carbonyl (C=O) groups excluding carboxylic acids is 1. The summed E-state index contributed by atoms with van der Waals surface area (Å²) in [6.07, 6.45) is 0. The number of rotatable bonds is 4. The third-order valence-electron chi connectivity index (χ3n) is 4.56. The highest BCUT2D eigenvalue weighted by molar-refractivity contribution is 7.91. The van der Waals surface area contributed by atoms with Gasteiger partial charge in [-0.15, -0.1) is 34.0 Å². The van der Waals surface area contributed by atoms with E-state index < -0.39 is 10.0 Å². The maximum atomic E-state index is 13.0. The summed E-state index contributed by atoms with van der Waals surface area (Å²) in [6.45, 7) is 5.12. The number of nitrogens with zero attached hydrogens (tertiary/aromatic N) is 3. The molecular weight excluding hydrogens is 434 g/mol. The van der Waals surface area contributed by atoms with Gasteiger partial charge in [-0.2, -0.15) is 4.31 Å². The van der Waals surface area contributed by atoms with Crippen LogP contribution >= 0.6 is 34.0 Å². The van der Waals surface area contributed by atoms with Gasteiger partial charge in [-0.3, -0.25) is 4.79 Å². The first kappa shape index (κ1) is 19.7. The molecule has 6 nitrogen and oxygen atoms in total. The van der Waals surface area contributed by atoms with E-state index in [1.807, 2.05) is 37.4 Å². The van der Waals surface area contributed by atoms with Crippen LogP contribution in [0.4, 0.5) is 0 Å². The van der Waals surface area contributed by atoms with Crippen LogP contribution in [0.3, 0.4) is 0 Å². The molecule has 0 N–H and O–H groups in total. The van der Waals surface area contributed by atoms with Crippen molar-refractivity contribution in [3.05, 3.63) is 45.1 Å². The quantitative estimate of drug-likeness (QED) is 0.604. The summed E-state index contributed by atoms with van der Waals surface area (Å²) >= 11 is 4.28. The second kappa shape index (κ2) is 7.68. The van der Waals surface area contributed by atoms with Gasteiger partial charge >= 0.3 is 0 Å². The minimum Gasteiger partial charge on any atom is -0.335 e. The van der Waals surface area contributed by atoms with Gasteiger partial charge in [-0.05, 0) is 37.4 Å². The molecule has 0 aliphatic carbocycles. The predicted octanol–water partition coefficient (Wildman–Crippen LogP) is 3.70. The molecule has 1 amide bonds. The van der Waals surface area contributed by atoms with Crippen LogP contribution in [-0.2, 0) is 10.0 Å². The molecule has 0 bridgehead atoms. The molecule has 1 aliphatic heterocycles. The van der Waals surface area contributed by atoms with Gasteiger partial charge in [0.05, 0.1) is 10.6 Å². The SMILES string of the molecule is Cc1ccc(S(=O)(=O)N2CCN(C(=O)c3sc(-c4cccs4)nc3C)CC2)s1. The number of amides is 1. The molecule has 0 saturated carbocycles. The molecule has 1 saturated heterocycles. The third kappa shape index (κ3) is 3.67. The molecule has 0 radical (unpaired) electrons. The number of sulfonamides is 1. The van der Waals surface area contributed by atoms with Crippen molar-refractivity contribution >= 4 is 49.9 Å². The summed E-state index contributed by atoms with van der Waals surface area (Å²) in [5.74, 6) is -0.0678. The van der Waals surface area contributed by atoms with E-state index in [9.17, 15) is 13.2 Å². The Bertz CT molecular complexity index is 1090. The number of aryl methyl sites for hydroxylation is 2. The first-order chi connectivity index (χ1) is 13.4. The normalized spacial score (nSPS) is 15.9. The summed E-state index contributed by atoms with van der Waals surface area (Å²) in [4.78, 5) is 21.9. The first-order valence-corrected chi connectivity index (χ1v) is 12.7. The molecule has 28 heavy (non-hydrogen) atoms. The molecule has 0 aromatic carbocycles. The van der Waals surface area contributed by atoms with E-state index in [0.29, 0.717) is 35.3 Å². The van der Waals surface area contributed by atoms with E-state index in [1.54, 1.807) is 22.3 Å². The fraction of sp³-hybridized carbons (Fsp3) is 0.333. The van der Waals surface area contributed by atoms with E-state index in [1.165, 1.54) is 27.0 Å². The molecule has 4 rings (SSSR count). The van der Waals surface area contributed by atoms with Crippen molar-refractivity contribution < 1.29 is 13.2 Å². The van der Waals surface area contributed by atoms with Crippen molar-refractivity contribution in [2.24, 2.45) is 0 Å². The molecule has 1 aliphatic rings. The number of thiazole rings is 1. The Labute approximate surface area is 176 Å². The molecule has 148 valence electrons. The molecule has 4 heterocycles. The van der Waals surface area contributed by atoms with Gasteiger partial charge in [0.2, 0.25) is 0 Å². The topological polar surface area (TPSA) is 70.6 Å².